The van der Waals surface area contributed by atoms with Crippen molar-refractivity contribution in [3.8, 4) is 0 Å². The number of pyridine rings is 1. The maximum absolute atomic E-state index is 5.76. The first-order valence-corrected chi connectivity index (χ1v) is 6.20. The summed E-state index contributed by atoms with van der Waals surface area (Å²) in [5.74, 6) is 0.870. The van der Waals surface area contributed by atoms with E-state index >= 15 is 0 Å². The van der Waals surface area contributed by atoms with Crippen LogP contribution >= 0.6 is 0 Å². The lowest BCUT2D eigenvalue weighted by atomic mass is 9.95. The van der Waals surface area contributed by atoms with Crippen LogP contribution in [0.4, 0.5) is 5.69 Å². The summed E-state index contributed by atoms with van der Waals surface area (Å²) in [5.41, 5.74) is 7.67. The van der Waals surface area contributed by atoms with Crippen molar-refractivity contribution in [2.24, 2.45) is 5.92 Å². The third-order valence-electron chi connectivity index (χ3n) is 3.41. The number of hydrogen-bond donors (Lipinski definition) is 1. The highest BCUT2D eigenvalue weighted by Gasteiger charge is 2.18. The van der Waals surface area contributed by atoms with Gasteiger partial charge in [0, 0.05) is 25.0 Å². The molecule has 1 aliphatic heterocycles. The summed E-state index contributed by atoms with van der Waals surface area (Å²) in [7, 11) is 0. The number of rotatable bonds is 3. The van der Waals surface area contributed by atoms with E-state index < -0.39 is 0 Å². The fraction of sp³-hybridized carbons (Fsp3) is 0.615. The van der Waals surface area contributed by atoms with Crippen LogP contribution in [-0.2, 0) is 6.54 Å². The lowest BCUT2D eigenvalue weighted by molar-refractivity contribution is 0.163. The molecule has 88 valence electrons. The third-order valence-corrected chi connectivity index (χ3v) is 3.41. The number of nitrogens with two attached hydrogens (primary N) is 1. The maximum Gasteiger partial charge on any atom is 0.0564 e. The molecule has 1 saturated heterocycles. The van der Waals surface area contributed by atoms with Crippen LogP contribution in [0.25, 0.3) is 0 Å². The first-order valence-electron chi connectivity index (χ1n) is 6.20. The monoisotopic (exact) mass is 219 g/mol. The predicted molar refractivity (Wildman–Crippen MR) is 66.9 cm³/mol. The average Bonchev–Trinajstić information content (AvgIpc) is 2.29. The second kappa shape index (κ2) is 5.30. The molecule has 0 aliphatic carbocycles. The fourth-order valence-electron chi connectivity index (χ4n) is 2.44. The third kappa shape index (κ3) is 2.95. The van der Waals surface area contributed by atoms with E-state index in [4.69, 9.17) is 5.73 Å². The van der Waals surface area contributed by atoms with Crippen molar-refractivity contribution >= 4 is 5.69 Å². The lowest BCUT2D eigenvalue weighted by Gasteiger charge is -2.31. The predicted octanol–water partition coefficient (Wildman–Crippen LogP) is 2.29. The molecule has 2 heterocycles. The molecule has 1 aromatic heterocycles. The molecule has 0 saturated carbocycles. The molecule has 0 amide bonds. The van der Waals surface area contributed by atoms with E-state index in [1.54, 1.807) is 6.20 Å². The van der Waals surface area contributed by atoms with Crippen LogP contribution in [0, 0.1) is 5.92 Å². The summed E-state index contributed by atoms with van der Waals surface area (Å²) >= 11 is 0. The van der Waals surface area contributed by atoms with Crippen LogP contribution in [0.1, 0.15) is 31.9 Å². The Morgan fingerprint density at radius 2 is 2.44 bits per heavy atom. The number of nitrogen functional groups attached to an aromatic ring is 1. The second-order valence-electron chi connectivity index (χ2n) is 4.73. The van der Waals surface area contributed by atoms with E-state index in [1.807, 2.05) is 12.1 Å². The van der Waals surface area contributed by atoms with Crippen LogP contribution < -0.4 is 5.73 Å². The van der Waals surface area contributed by atoms with Gasteiger partial charge in [0.05, 0.1) is 5.69 Å². The standard InChI is InChI=1S/C13H21N3/c1-2-11-4-3-7-16(9-11)10-13-8-12(14)5-6-15-13/h5-6,8,11H,2-4,7,9-10H2,1H3,(H2,14,15). The Kier molecular flexibility index (Phi) is 3.78. The molecule has 16 heavy (non-hydrogen) atoms. The van der Waals surface area contributed by atoms with E-state index in [2.05, 4.69) is 16.8 Å². The molecular weight excluding hydrogens is 198 g/mol. The van der Waals surface area contributed by atoms with Crippen molar-refractivity contribution in [3.63, 3.8) is 0 Å². The van der Waals surface area contributed by atoms with Crippen LogP contribution in [0.15, 0.2) is 18.3 Å². The van der Waals surface area contributed by atoms with Gasteiger partial charge in [-0.25, -0.2) is 0 Å². The summed E-state index contributed by atoms with van der Waals surface area (Å²) in [4.78, 5) is 6.86. The molecule has 0 spiro atoms. The molecule has 2 N–H and O–H groups in total. The van der Waals surface area contributed by atoms with Gasteiger partial charge in [0.2, 0.25) is 0 Å². The van der Waals surface area contributed by atoms with Crippen molar-refractivity contribution in [2.75, 3.05) is 18.8 Å². The first kappa shape index (κ1) is 11.4. The Balaban J connectivity index is 1.94. The molecule has 1 aromatic rings. The Hall–Kier alpha value is -1.09. The van der Waals surface area contributed by atoms with Crippen LogP contribution in [0.3, 0.4) is 0 Å². The molecule has 3 nitrogen and oxygen atoms in total. The molecule has 1 aliphatic rings. The molecule has 1 atom stereocenters. The minimum absolute atomic E-state index is 0.814. The lowest BCUT2D eigenvalue weighted by Crippen LogP contribution is -2.34. The smallest absolute Gasteiger partial charge is 0.0564 e. The summed E-state index contributed by atoms with van der Waals surface area (Å²) in [6.45, 7) is 5.65. The number of piperidine rings is 1. The highest BCUT2D eigenvalue weighted by Crippen LogP contribution is 2.20. The van der Waals surface area contributed by atoms with Gasteiger partial charge in [-0.2, -0.15) is 0 Å². The molecule has 2 rings (SSSR count). The largest absolute Gasteiger partial charge is 0.399 e. The van der Waals surface area contributed by atoms with Gasteiger partial charge in [0.25, 0.3) is 0 Å². The normalized spacial score (nSPS) is 22.2. The quantitative estimate of drug-likeness (QED) is 0.848. The summed E-state index contributed by atoms with van der Waals surface area (Å²) < 4.78 is 0. The fourth-order valence-corrected chi connectivity index (χ4v) is 2.44. The number of likely N-dealkylation sites (tertiary alicyclic amines) is 1. The van der Waals surface area contributed by atoms with Crippen molar-refractivity contribution in [3.05, 3.63) is 24.0 Å². The Morgan fingerprint density at radius 3 is 3.19 bits per heavy atom. The topological polar surface area (TPSA) is 42.1 Å². The van der Waals surface area contributed by atoms with Gasteiger partial charge >= 0.3 is 0 Å². The van der Waals surface area contributed by atoms with Gasteiger partial charge in [0.1, 0.15) is 0 Å². The van der Waals surface area contributed by atoms with E-state index in [0.29, 0.717) is 0 Å². The Bertz CT molecular complexity index is 338. The highest BCUT2D eigenvalue weighted by molar-refractivity contribution is 5.37. The maximum atomic E-state index is 5.76. The van der Waals surface area contributed by atoms with E-state index in [1.165, 1.54) is 32.4 Å². The molecule has 0 aromatic carbocycles. The van der Waals surface area contributed by atoms with Gasteiger partial charge < -0.3 is 5.73 Å². The zero-order valence-electron chi connectivity index (χ0n) is 10.0. The molecular formula is C13H21N3. The zero-order chi connectivity index (χ0) is 11.4. The average molecular weight is 219 g/mol. The van der Waals surface area contributed by atoms with Crippen molar-refractivity contribution in [2.45, 2.75) is 32.7 Å². The summed E-state index contributed by atoms with van der Waals surface area (Å²) in [6.07, 6.45) is 5.80. The minimum atomic E-state index is 0.814. The van der Waals surface area contributed by atoms with Crippen molar-refractivity contribution in [1.29, 1.82) is 0 Å². The van der Waals surface area contributed by atoms with Gasteiger partial charge in [-0.1, -0.05) is 13.3 Å². The van der Waals surface area contributed by atoms with Gasteiger partial charge in [-0.3, -0.25) is 9.88 Å². The van der Waals surface area contributed by atoms with Crippen molar-refractivity contribution < 1.29 is 0 Å². The van der Waals surface area contributed by atoms with Crippen LogP contribution in [0.2, 0.25) is 0 Å². The number of hydrogen-bond acceptors (Lipinski definition) is 3. The Labute approximate surface area is 97.7 Å². The Morgan fingerprint density at radius 1 is 1.56 bits per heavy atom. The molecule has 3 heteroatoms. The second-order valence-corrected chi connectivity index (χ2v) is 4.73. The van der Waals surface area contributed by atoms with Gasteiger partial charge in [-0.15, -0.1) is 0 Å². The summed E-state index contributed by atoms with van der Waals surface area (Å²) in [6, 6.07) is 3.82. The first-order chi connectivity index (χ1) is 7.78. The zero-order valence-corrected chi connectivity index (χ0v) is 10.0. The van der Waals surface area contributed by atoms with Gasteiger partial charge in [0.15, 0.2) is 0 Å². The van der Waals surface area contributed by atoms with Crippen LogP contribution in [-0.4, -0.2) is 23.0 Å². The summed E-state index contributed by atoms with van der Waals surface area (Å²) in [5, 5.41) is 0. The highest BCUT2D eigenvalue weighted by atomic mass is 15.1. The van der Waals surface area contributed by atoms with Crippen LogP contribution in [0.5, 0.6) is 0 Å². The SMILES string of the molecule is CCC1CCCN(Cc2cc(N)ccn2)C1. The number of aromatic nitrogens is 1. The minimum Gasteiger partial charge on any atom is -0.399 e. The van der Waals surface area contributed by atoms with E-state index in [9.17, 15) is 0 Å². The van der Waals surface area contributed by atoms with Gasteiger partial charge in [-0.05, 0) is 37.4 Å². The molecule has 0 radical (unpaired) electrons. The number of nitrogens with zero attached hydrogens (tertiary/aromatic N) is 2. The number of anilines is 1. The molecule has 1 fully saturated rings. The van der Waals surface area contributed by atoms with Crippen molar-refractivity contribution in [1.82, 2.24) is 9.88 Å². The molecule has 0 bridgehead atoms. The van der Waals surface area contributed by atoms with E-state index in [0.717, 1.165) is 23.8 Å². The molecule has 1 unspecified atom stereocenters. The van der Waals surface area contributed by atoms with E-state index in [-0.39, 0.29) is 0 Å².